The fraction of sp³-hybridized carbons (Fsp3) is 0.368. The Morgan fingerprint density at radius 1 is 0.809 bits per heavy atom. The lowest BCUT2D eigenvalue weighted by atomic mass is 9.98. The molecule has 2 saturated heterocycles. The van der Waals surface area contributed by atoms with Crippen LogP contribution in [-0.2, 0) is 13.1 Å². The van der Waals surface area contributed by atoms with Crippen LogP contribution in [0.1, 0.15) is 52.0 Å². The Kier molecular flexibility index (Phi) is 6.51. The average Bonchev–Trinajstić information content (AvgIpc) is 3.44. The molecule has 4 heterocycles. The number of para-hydroxylation sites is 1. The number of rotatable bonds is 7. The van der Waals surface area contributed by atoms with Crippen molar-refractivity contribution in [2.24, 2.45) is 23.5 Å². The third-order valence-electron chi connectivity index (χ3n) is 11.0. The third kappa shape index (κ3) is 4.73. The Morgan fingerprint density at radius 2 is 1.57 bits per heavy atom. The molecule has 4 aliphatic rings. The smallest absolute Gasteiger partial charge is 0.254 e. The first-order valence-electron chi connectivity index (χ1n) is 16.9. The minimum atomic E-state index is -0.00972. The van der Waals surface area contributed by atoms with Gasteiger partial charge in [-0.3, -0.25) is 9.59 Å². The highest BCUT2D eigenvalue weighted by molar-refractivity contribution is 5.99. The lowest BCUT2D eigenvalue weighted by molar-refractivity contribution is 0.0471. The van der Waals surface area contributed by atoms with Gasteiger partial charge in [-0.15, -0.1) is 0 Å². The van der Waals surface area contributed by atoms with E-state index in [9.17, 15) is 9.59 Å². The van der Waals surface area contributed by atoms with E-state index < -0.39 is 0 Å². The van der Waals surface area contributed by atoms with Gasteiger partial charge in [0.15, 0.2) is 5.82 Å². The first-order valence-corrected chi connectivity index (χ1v) is 16.9. The standard InChI is InChI=1S/C38H37N7O2/c39-17-23-7-9-26(10-8-23)37(46)42-18-25(19-42)21-44-32-13-11-28(38(47)45-22-29-12-14-33(45)35(29)40)15-30(32)41-36(44)34-16-27-3-1-2-4-31(27)43(34)20-24-5-6-24/h1-4,7-11,13,15-16,24-25,29,33,35H,5-6,12,14,18-22,40H2/t29-,33-,35-/m1/s1. The summed E-state index contributed by atoms with van der Waals surface area (Å²) >= 11 is 0. The predicted octanol–water partition coefficient (Wildman–Crippen LogP) is 5.27. The summed E-state index contributed by atoms with van der Waals surface area (Å²) in [5.74, 6) is 2.28. The van der Waals surface area contributed by atoms with Crippen molar-refractivity contribution < 1.29 is 9.59 Å². The lowest BCUT2D eigenvalue weighted by Gasteiger charge is -2.39. The second kappa shape index (κ2) is 10.8. The van der Waals surface area contributed by atoms with Gasteiger partial charge in [0.05, 0.1) is 28.4 Å². The molecule has 4 fully saturated rings. The van der Waals surface area contributed by atoms with E-state index in [1.807, 2.05) is 21.9 Å². The van der Waals surface area contributed by atoms with E-state index in [2.05, 4.69) is 51.6 Å². The van der Waals surface area contributed by atoms with Gasteiger partial charge in [0.25, 0.3) is 11.8 Å². The molecule has 2 aliphatic heterocycles. The molecule has 2 amide bonds. The molecule has 9 nitrogen and oxygen atoms in total. The van der Waals surface area contributed by atoms with E-state index in [0.29, 0.717) is 48.2 Å². The van der Waals surface area contributed by atoms with Crippen molar-refractivity contribution in [3.05, 3.63) is 89.5 Å². The summed E-state index contributed by atoms with van der Waals surface area (Å²) in [6, 6.07) is 25.9. The molecule has 9 heteroatoms. The molecule has 3 atom stereocenters. The topological polar surface area (TPSA) is 113 Å². The maximum Gasteiger partial charge on any atom is 0.254 e. The van der Waals surface area contributed by atoms with Gasteiger partial charge in [-0.2, -0.15) is 5.26 Å². The molecule has 2 saturated carbocycles. The number of aromatic nitrogens is 3. The second-order valence-electron chi connectivity index (χ2n) is 14.1. The number of carbonyl (C=O) groups is 2. The Balaban J connectivity index is 1.06. The molecule has 2 aliphatic carbocycles. The zero-order valence-electron chi connectivity index (χ0n) is 26.3. The van der Waals surface area contributed by atoms with E-state index in [1.54, 1.807) is 24.3 Å². The summed E-state index contributed by atoms with van der Waals surface area (Å²) in [6.45, 7) is 3.72. The molecule has 3 aromatic carbocycles. The van der Waals surface area contributed by atoms with Crippen LogP contribution in [0, 0.1) is 29.1 Å². The maximum atomic E-state index is 13.8. The predicted molar refractivity (Wildman–Crippen MR) is 179 cm³/mol. The van der Waals surface area contributed by atoms with Crippen LogP contribution < -0.4 is 5.73 Å². The fourth-order valence-electron chi connectivity index (χ4n) is 8.22. The third-order valence-corrected chi connectivity index (χ3v) is 11.0. The van der Waals surface area contributed by atoms with Gasteiger partial charge >= 0.3 is 0 Å². The van der Waals surface area contributed by atoms with E-state index in [1.165, 1.54) is 23.7 Å². The van der Waals surface area contributed by atoms with Gasteiger partial charge in [-0.25, -0.2) is 4.98 Å². The van der Waals surface area contributed by atoms with Crippen molar-refractivity contribution in [3.8, 4) is 17.6 Å². The van der Waals surface area contributed by atoms with Crippen molar-refractivity contribution in [2.75, 3.05) is 19.6 Å². The van der Waals surface area contributed by atoms with Crippen molar-refractivity contribution in [1.29, 1.82) is 5.26 Å². The number of hydrogen-bond acceptors (Lipinski definition) is 5. The zero-order chi connectivity index (χ0) is 31.8. The summed E-state index contributed by atoms with van der Waals surface area (Å²) in [5.41, 5.74) is 12.4. The van der Waals surface area contributed by atoms with Crippen LogP contribution in [-0.4, -0.2) is 67.5 Å². The van der Waals surface area contributed by atoms with Gasteiger partial charge < -0.3 is 24.7 Å². The number of benzene rings is 3. The molecule has 2 N–H and O–H groups in total. The molecule has 5 aromatic rings. The number of nitrogens with two attached hydrogens (primary N) is 1. The molecular formula is C38H37N7O2. The molecule has 0 radical (unpaired) electrons. The summed E-state index contributed by atoms with van der Waals surface area (Å²) in [4.78, 5) is 36.1. The van der Waals surface area contributed by atoms with Crippen LogP contribution in [0.5, 0.6) is 0 Å². The number of amides is 2. The highest BCUT2D eigenvalue weighted by Gasteiger charge is 2.47. The number of nitriles is 1. The van der Waals surface area contributed by atoms with Crippen LogP contribution in [0.15, 0.2) is 72.8 Å². The quantitative estimate of drug-likeness (QED) is 0.265. The van der Waals surface area contributed by atoms with Crippen LogP contribution in [0.4, 0.5) is 0 Å². The van der Waals surface area contributed by atoms with Crippen LogP contribution >= 0.6 is 0 Å². The van der Waals surface area contributed by atoms with Gasteiger partial charge in [0.1, 0.15) is 0 Å². The first kappa shape index (κ1) is 28.3. The minimum Gasteiger partial charge on any atom is -0.338 e. The average molecular weight is 624 g/mol. The fourth-order valence-corrected chi connectivity index (χ4v) is 8.22. The highest BCUT2D eigenvalue weighted by Crippen LogP contribution is 2.39. The van der Waals surface area contributed by atoms with Crippen molar-refractivity contribution in [3.63, 3.8) is 0 Å². The normalized spacial score (nSPS) is 22.3. The number of likely N-dealkylation sites (tertiary alicyclic amines) is 2. The molecule has 0 unspecified atom stereocenters. The SMILES string of the molecule is N#Cc1ccc(C(=O)N2CC(Cn3c(-c4cc5ccccc5n4CC4CC4)nc4cc(C(=O)N5C[C@H]6CC[C@@H]5[C@@H]6N)ccc43)C2)cc1. The molecule has 2 bridgehead atoms. The number of imidazole rings is 1. The van der Waals surface area contributed by atoms with E-state index in [4.69, 9.17) is 16.0 Å². The zero-order valence-corrected chi connectivity index (χ0v) is 26.3. The summed E-state index contributed by atoms with van der Waals surface area (Å²) in [7, 11) is 0. The number of fused-ring (bicyclic) bond motifs is 4. The molecule has 9 rings (SSSR count). The first-order chi connectivity index (χ1) is 22.9. The molecule has 2 aromatic heterocycles. The highest BCUT2D eigenvalue weighted by atomic mass is 16.2. The van der Waals surface area contributed by atoms with Crippen LogP contribution in [0.25, 0.3) is 33.5 Å². The van der Waals surface area contributed by atoms with Crippen LogP contribution in [0.3, 0.4) is 0 Å². The Morgan fingerprint density at radius 3 is 2.30 bits per heavy atom. The van der Waals surface area contributed by atoms with E-state index in [-0.39, 0.29) is 29.8 Å². The molecule has 47 heavy (non-hydrogen) atoms. The van der Waals surface area contributed by atoms with Crippen LogP contribution in [0.2, 0.25) is 0 Å². The van der Waals surface area contributed by atoms with E-state index in [0.717, 1.165) is 48.5 Å². The second-order valence-corrected chi connectivity index (χ2v) is 14.1. The Labute approximate surface area is 273 Å². The lowest BCUT2D eigenvalue weighted by Crippen LogP contribution is -2.51. The molecular weight excluding hydrogens is 586 g/mol. The summed E-state index contributed by atoms with van der Waals surface area (Å²) in [6.07, 6.45) is 4.59. The number of piperidine rings is 1. The summed E-state index contributed by atoms with van der Waals surface area (Å²) < 4.78 is 4.74. The largest absolute Gasteiger partial charge is 0.338 e. The van der Waals surface area contributed by atoms with Crippen molar-refractivity contribution >= 4 is 33.8 Å². The monoisotopic (exact) mass is 623 g/mol. The minimum absolute atomic E-state index is 0.00972. The van der Waals surface area contributed by atoms with Gasteiger partial charge in [0, 0.05) is 72.8 Å². The van der Waals surface area contributed by atoms with E-state index >= 15 is 0 Å². The Bertz CT molecular complexity index is 2090. The number of hydrogen-bond donors (Lipinski definition) is 1. The summed E-state index contributed by atoms with van der Waals surface area (Å²) in [5, 5.41) is 10.3. The van der Waals surface area contributed by atoms with Gasteiger partial charge in [0.2, 0.25) is 0 Å². The van der Waals surface area contributed by atoms with Gasteiger partial charge in [-0.1, -0.05) is 18.2 Å². The molecule has 0 spiro atoms. The molecule has 236 valence electrons. The van der Waals surface area contributed by atoms with Crippen molar-refractivity contribution in [1.82, 2.24) is 23.9 Å². The Hall–Kier alpha value is -4.94. The maximum absolute atomic E-state index is 13.8. The number of nitrogens with zero attached hydrogens (tertiary/aromatic N) is 6. The van der Waals surface area contributed by atoms with Crippen molar-refractivity contribution in [2.45, 2.75) is 50.9 Å². The number of carbonyl (C=O) groups excluding carboxylic acids is 2. The van der Waals surface area contributed by atoms with Gasteiger partial charge in [-0.05, 0) is 92.1 Å².